The molecule has 3 nitrogen and oxygen atoms in total. The monoisotopic (exact) mass is 240 g/mol. The molecule has 78 valence electrons. The molecule has 0 aliphatic heterocycles. The molecule has 1 heterocycles. The Bertz CT molecular complexity index is 432. The van der Waals surface area contributed by atoms with Gasteiger partial charge in [0.15, 0.2) is 0 Å². The fourth-order valence-electron chi connectivity index (χ4n) is 1.20. The summed E-state index contributed by atoms with van der Waals surface area (Å²) in [5.74, 6) is 0.401. The number of rotatable bonds is 3. The molecule has 0 saturated carbocycles. The second-order valence-electron chi connectivity index (χ2n) is 3.03. The van der Waals surface area contributed by atoms with Crippen LogP contribution in [-0.4, -0.2) is 8.75 Å². The van der Waals surface area contributed by atoms with Crippen molar-refractivity contribution in [2.45, 2.75) is 13.0 Å². The molecule has 0 radical (unpaired) electrons. The molecule has 2 rings (SSSR count). The van der Waals surface area contributed by atoms with Crippen LogP contribution in [0.5, 0.6) is 5.88 Å². The van der Waals surface area contributed by atoms with Gasteiger partial charge in [0.2, 0.25) is 5.15 Å². The highest BCUT2D eigenvalue weighted by Crippen LogP contribution is 2.26. The van der Waals surface area contributed by atoms with Crippen LogP contribution in [0, 0.1) is 0 Å². The first kappa shape index (κ1) is 10.4. The van der Waals surface area contributed by atoms with Crippen LogP contribution in [0.3, 0.4) is 0 Å². The summed E-state index contributed by atoms with van der Waals surface area (Å²) in [6.07, 6.45) is -0.0763. The average Bonchev–Trinajstić information content (AvgIpc) is 2.66. The molecule has 15 heavy (non-hydrogen) atoms. The molecule has 1 atom stereocenters. The normalized spacial score (nSPS) is 12.4. The van der Waals surface area contributed by atoms with Crippen LogP contribution >= 0.6 is 23.3 Å². The van der Waals surface area contributed by atoms with Crippen LogP contribution < -0.4 is 4.74 Å². The lowest BCUT2D eigenvalue weighted by atomic mass is 10.1. The van der Waals surface area contributed by atoms with Crippen LogP contribution in [0.2, 0.25) is 5.15 Å². The first-order valence-electron chi connectivity index (χ1n) is 4.47. The molecule has 0 aliphatic carbocycles. The van der Waals surface area contributed by atoms with Crippen molar-refractivity contribution >= 4 is 23.3 Å². The molecule has 1 unspecified atom stereocenters. The highest BCUT2D eigenvalue weighted by atomic mass is 35.5. The predicted octanol–water partition coefficient (Wildman–Crippen LogP) is 3.33. The molecule has 0 amide bonds. The fraction of sp³-hybridized carbons (Fsp3) is 0.200. The van der Waals surface area contributed by atoms with Crippen molar-refractivity contribution in [1.82, 2.24) is 8.75 Å². The summed E-state index contributed by atoms with van der Waals surface area (Å²) in [4.78, 5) is 0. The molecule has 0 N–H and O–H groups in total. The number of halogens is 1. The SMILES string of the molecule is CC(Oc1nsnc1Cl)c1ccccc1. The van der Waals surface area contributed by atoms with Gasteiger partial charge in [-0.3, -0.25) is 0 Å². The van der Waals surface area contributed by atoms with E-state index >= 15 is 0 Å². The lowest BCUT2D eigenvalue weighted by Crippen LogP contribution is -2.03. The molecule has 0 aliphatic rings. The minimum Gasteiger partial charge on any atom is -0.467 e. The summed E-state index contributed by atoms with van der Waals surface area (Å²) in [5.41, 5.74) is 1.08. The highest BCUT2D eigenvalue weighted by molar-refractivity contribution is 6.99. The van der Waals surface area contributed by atoms with Crippen molar-refractivity contribution in [1.29, 1.82) is 0 Å². The zero-order chi connectivity index (χ0) is 10.7. The van der Waals surface area contributed by atoms with E-state index in [4.69, 9.17) is 16.3 Å². The van der Waals surface area contributed by atoms with E-state index in [0.29, 0.717) is 11.0 Å². The smallest absolute Gasteiger partial charge is 0.266 e. The van der Waals surface area contributed by atoms with E-state index < -0.39 is 0 Å². The number of ether oxygens (including phenoxy) is 1. The van der Waals surface area contributed by atoms with Gasteiger partial charge in [0, 0.05) is 0 Å². The third kappa shape index (κ3) is 2.46. The number of hydrogen-bond acceptors (Lipinski definition) is 4. The molecule has 0 bridgehead atoms. The second-order valence-corrected chi connectivity index (χ2v) is 3.92. The van der Waals surface area contributed by atoms with Crippen molar-refractivity contribution in [3.8, 4) is 5.88 Å². The standard InChI is InChI=1S/C10H9ClN2OS/c1-7(8-5-3-2-4-6-8)14-10-9(11)12-15-13-10/h2-7H,1H3. The van der Waals surface area contributed by atoms with Gasteiger partial charge in [0.1, 0.15) is 6.10 Å². The molecule has 0 saturated heterocycles. The molecular weight excluding hydrogens is 232 g/mol. The molecular formula is C10H9ClN2OS. The van der Waals surface area contributed by atoms with E-state index in [1.54, 1.807) is 0 Å². The van der Waals surface area contributed by atoms with Crippen molar-refractivity contribution in [2.24, 2.45) is 0 Å². The summed E-state index contributed by atoms with van der Waals surface area (Å²) in [6.45, 7) is 1.95. The summed E-state index contributed by atoms with van der Waals surface area (Å²) < 4.78 is 13.4. The van der Waals surface area contributed by atoms with Crippen LogP contribution in [-0.2, 0) is 0 Å². The predicted molar refractivity (Wildman–Crippen MR) is 60.4 cm³/mol. The Balaban J connectivity index is 2.11. The molecule has 0 spiro atoms. The largest absolute Gasteiger partial charge is 0.467 e. The number of nitrogens with zero attached hydrogens (tertiary/aromatic N) is 2. The molecule has 2 aromatic rings. The van der Waals surface area contributed by atoms with Crippen molar-refractivity contribution in [3.63, 3.8) is 0 Å². The van der Waals surface area contributed by atoms with Crippen LogP contribution in [0.15, 0.2) is 30.3 Å². The Morgan fingerprint density at radius 2 is 2.00 bits per heavy atom. The van der Waals surface area contributed by atoms with Gasteiger partial charge in [-0.2, -0.15) is 4.37 Å². The van der Waals surface area contributed by atoms with Gasteiger partial charge in [-0.25, -0.2) is 0 Å². The summed E-state index contributed by atoms with van der Waals surface area (Å²) in [6, 6.07) is 9.90. The maximum atomic E-state index is 5.78. The fourth-order valence-corrected chi connectivity index (χ4v) is 1.82. The van der Waals surface area contributed by atoms with E-state index in [9.17, 15) is 0 Å². The first-order chi connectivity index (χ1) is 7.27. The third-order valence-electron chi connectivity index (χ3n) is 1.98. The van der Waals surface area contributed by atoms with Crippen molar-refractivity contribution < 1.29 is 4.74 Å². The molecule has 1 aromatic heterocycles. The Hall–Kier alpha value is -1.13. The first-order valence-corrected chi connectivity index (χ1v) is 5.58. The van der Waals surface area contributed by atoms with E-state index in [1.807, 2.05) is 37.3 Å². The van der Waals surface area contributed by atoms with E-state index in [-0.39, 0.29) is 6.10 Å². The number of benzene rings is 1. The molecule has 0 fully saturated rings. The van der Waals surface area contributed by atoms with Gasteiger partial charge >= 0.3 is 0 Å². The van der Waals surface area contributed by atoms with Gasteiger partial charge in [0.05, 0.1) is 11.7 Å². The Morgan fingerprint density at radius 3 is 2.60 bits per heavy atom. The number of aromatic nitrogens is 2. The molecule has 5 heteroatoms. The minimum absolute atomic E-state index is 0.0763. The van der Waals surface area contributed by atoms with E-state index in [1.165, 1.54) is 0 Å². The third-order valence-corrected chi connectivity index (χ3v) is 2.84. The quantitative estimate of drug-likeness (QED) is 0.826. The van der Waals surface area contributed by atoms with Gasteiger partial charge < -0.3 is 4.74 Å². The van der Waals surface area contributed by atoms with Gasteiger partial charge in [0.25, 0.3) is 5.88 Å². The summed E-state index contributed by atoms with van der Waals surface area (Å²) >= 11 is 6.83. The topological polar surface area (TPSA) is 35.0 Å². The Kier molecular flexibility index (Phi) is 3.18. The maximum Gasteiger partial charge on any atom is 0.266 e. The number of hydrogen-bond donors (Lipinski definition) is 0. The van der Waals surface area contributed by atoms with Crippen molar-refractivity contribution in [2.75, 3.05) is 0 Å². The second kappa shape index (κ2) is 4.59. The minimum atomic E-state index is -0.0763. The van der Waals surface area contributed by atoms with Crippen molar-refractivity contribution in [3.05, 3.63) is 41.0 Å². The van der Waals surface area contributed by atoms with Gasteiger partial charge in [-0.15, -0.1) is 4.37 Å². The average molecular weight is 241 g/mol. The zero-order valence-corrected chi connectivity index (χ0v) is 9.63. The summed E-state index contributed by atoms with van der Waals surface area (Å²) in [5, 5.41) is 0.322. The summed E-state index contributed by atoms with van der Waals surface area (Å²) in [7, 11) is 0. The Labute approximate surface area is 97.0 Å². The van der Waals surface area contributed by atoms with Crippen LogP contribution in [0.4, 0.5) is 0 Å². The van der Waals surface area contributed by atoms with Gasteiger partial charge in [-0.1, -0.05) is 41.9 Å². The zero-order valence-electron chi connectivity index (χ0n) is 8.05. The van der Waals surface area contributed by atoms with Gasteiger partial charge in [-0.05, 0) is 12.5 Å². The van der Waals surface area contributed by atoms with Crippen LogP contribution in [0.25, 0.3) is 0 Å². The molecule has 1 aromatic carbocycles. The lowest BCUT2D eigenvalue weighted by Gasteiger charge is -2.12. The highest BCUT2D eigenvalue weighted by Gasteiger charge is 2.12. The van der Waals surface area contributed by atoms with E-state index in [2.05, 4.69) is 8.75 Å². The van der Waals surface area contributed by atoms with E-state index in [0.717, 1.165) is 17.3 Å². The lowest BCUT2D eigenvalue weighted by molar-refractivity contribution is 0.219. The van der Waals surface area contributed by atoms with Crippen LogP contribution in [0.1, 0.15) is 18.6 Å². The Morgan fingerprint density at radius 1 is 1.27 bits per heavy atom. The maximum absolute atomic E-state index is 5.78.